The van der Waals surface area contributed by atoms with E-state index in [1.807, 2.05) is 26.8 Å². The van der Waals surface area contributed by atoms with Crippen LogP contribution in [0.3, 0.4) is 0 Å². The van der Waals surface area contributed by atoms with Gasteiger partial charge in [0.15, 0.2) is 0 Å². The average Bonchev–Trinajstić information content (AvgIpc) is 1.99. The quantitative estimate of drug-likeness (QED) is 0.758. The lowest BCUT2D eigenvalue weighted by molar-refractivity contribution is 0.0996. The second kappa shape index (κ2) is 3.65. The first kappa shape index (κ1) is 11.7. The zero-order chi connectivity index (χ0) is 11.8. The van der Waals surface area contributed by atoms with Crippen molar-refractivity contribution in [2.45, 2.75) is 33.1 Å². The highest BCUT2D eigenvalue weighted by Gasteiger charge is 2.19. The van der Waals surface area contributed by atoms with E-state index in [1.165, 1.54) is 6.07 Å². The number of hydrogen-bond donors (Lipinski definition) is 1. The summed E-state index contributed by atoms with van der Waals surface area (Å²) in [5.74, 6) is -1.25. The third kappa shape index (κ3) is 2.35. The Morgan fingerprint density at radius 2 is 1.87 bits per heavy atom. The lowest BCUT2D eigenvalue weighted by atomic mass is 9.85. The van der Waals surface area contributed by atoms with Crippen molar-refractivity contribution in [3.8, 4) is 0 Å². The van der Waals surface area contributed by atoms with Crippen molar-refractivity contribution in [3.05, 3.63) is 34.6 Å². The van der Waals surface area contributed by atoms with Crippen LogP contribution in [0.4, 0.5) is 4.39 Å². The van der Waals surface area contributed by atoms with Gasteiger partial charge < -0.3 is 5.73 Å². The van der Waals surface area contributed by atoms with Gasteiger partial charge in [-0.2, -0.15) is 0 Å². The predicted molar refractivity (Wildman–Crippen MR) is 58.4 cm³/mol. The number of carbonyl (C=O) groups excluding carboxylic acids is 1. The Morgan fingerprint density at radius 1 is 1.33 bits per heavy atom. The standard InChI is InChI=1S/C12H16FNO/c1-7-5-8(12(2,3)4)6-9(13)10(7)11(14)15/h5-6H,1-4H3,(H2,14,15). The lowest BCUT2D eigenvalue weighted by Gasteiger charge is -2.20. The van der Waals surface area contributed by atoms with Crippen LogP contribution in [0.5, 0.6) is 0 Å². The molecular formula is C12H16FNO. The molecule has 2 N–H and O–H groups in total. The van der Waals surface area contributed by atoms with E-state index in [-0.39, 0.29) is 11.0 Å². The van der Waals surface area contributed by atoms with Crippen LogP contribution < -0.4 is 5.73 Å². The molecule has 0 aliphatic heterocycles. The predicted octanol–water partition coefficient (Wildman–Crippen LogP) is 2.53. The van der Waals surface area contributed by atoms with E-state index in [1.54, 1.807) is 6.92 Å². The summed E-state index contributed by atoms with van der Waals surface area (Å²) >= 11 is 0. The van der Waals surface area contributed by atoms with Crippen LogP contribution >= 0.6 is 0 Å². The SMILES string of the molecule is Cc1cc(C(C)(C)C)cc(F)c1C(N)=O. The number of amides is 1. The summed E-state index contributed by atoms with van der Waals surface area (Å²) in [4.78, 5) is 11.0. The van der Waals surface area contributed by atoms with Crippen molar-refractivity contribution in [3.63, 3.8) is 0 Å². The minimum atomic E-state index is -0.717. The van der Waals surface area contributed by atoms with Gasteiger partial charge in [-0.3, -0.25) is 4.79 Å². The van der Waals surface area contributed by atoms with Crippen molar-refractivity contribution >= 4 is 5.91 Å². The molecule has 1 rings (SSSR count). The summed E-state index contributed by atoms with van der Waals surface area (Å²) in [5.41, 5.74) is 6.40. The van der Waals surface area contributed by atoms with E-state index in [2.05, 4.69) is 0 Å². The third-order valence-corrected chi connectivity index (χ3v) is 2.40. The monoisotopic (exact) mass is 209 g/mol. The van der Waals surface area contributed by atoms with E-state index in [0.717, 1.165) is 5.56 Å². The normalized spacial score (nSPS) is 11.5. The van der Waals surface area contributed by atoms with E-state index < -0.39 is 11.7 Å². The van der Waals surface area contributed by atoms with Gasteiger partial charge in [0.05, 0.1) is 5.56 Å². The van der Waals surface area contributed by atoms with Crippen molar-refractivity contribution in [1.82, 2.24) is 0 Å². The number of rotatable bonds is 1. The zero-order valence-corrected chi connectivity index (χ0v) is 9.52. The molecule has 1 amide bonds. The molecule has 1 aromatic carbocycles. The first-order valence-electron chi connectivity index (χ1n) is 4.84. The molecule has 2 nitrogen and oxygen atoms in total. The molecule has 0 aliphatic carbocycles. The van der Waals surface area contributed by atoms with E-state index in [0.29, 0.717) is 5.56 Å². The fraction of sp³-hybridized carbons (Fsp3) is 0.417. The molecule has 15 heavy (non-hydrogen) atoms. The van der Waals surface area contributed by atoms with Crippen LogP contribution in [-0.4, -0.2) is 5.91 Å². The van der Waals surface area contributed by atoms with Crippen LogP contribution in [0.1, 0.15) is 42.3 Å². The lowest BCUT2D eigenvalue weighted by Crippen LogP contribution is -2.18. The number of primary amides is 1. The number of halogens is 1. The molecule has 0 atom stereocenters. The van der Waals surface area contributed by atoms with Crippen molar-refractivity contribution in [2.75, 3.05) is 0 Å². The maximum absolute atomic E-state index is 13.6. The van der Waals surface area contributed by atoms with Crippen LogP contribution in [0.25, 0.3) is 0 Å². The van der Waals surface area contributed by atoms with Gasteiger partial charge in [0.1, 0.15) is 5.82 Å². The highest BCUT2D eigenvalue weighted by Crippen LogP contribution is 2.26. The Balaban J connectivity index is 3.39. The Labute approximate surface area is 89.3 Å². The molecule has 0 aromatic heterocycles. The number of nitrogens with two attached hydrogens (primary N) is 1. The maximum Gasteiger partial charge on any atom is 0.251 e. The molecule has 0 radical (unpaired) electrons. The molecular weight excluding hydrogens is 193 g/mol. The van der Waals surface area contributed by atoms with Gasteiger partial charge in [0.25, 0.3) is 5.91 Å². The molecule has 82 valence electrons. The summed E-state index contributed by atoms with van der Waals surface area (Å²) in [5, 5.41) is 0. The van der Waals surface area contributed by atoms with Crippen molar-refractivity contribution in [1.29, 1.82) is 0 Å². The molecule has 0 unspecified atom stereocenters. The Hall–Kier alpha value is -1.38. The molecule has 0 saturated heterocycles. The second-order valence-electron chi connectivity index (χ2n) is 4.76. The minimum absolute atomic E-state index is 0.0111. The highest BCUT2D eigenvalue weighted by molar-refractivity contribution is 5.94. The largest absolute Gasteiger partial charge is 0.365 e. The fourth-order valence-electron chi connectivity index (χ4n) is 1.49. The highest BCUT2D eigenvalue weighted by atomic mass is 19.1. The Morgan fingerprint density at radius 3 is 2.20 bits per heavy atom. The molecule has 0 heterocycles. The first-order chi connectivity index (χ1) is 6.73. The molecule has 0 aliphatic rings. The minimum Gasteiger partial charge on any atom is -0.365 e. The summed E-state index contributed by atoms with van der Waals surface area (Å²) < 4.78 is 13.6. The smallest absolute Gasteiger partial charge is 0.251 e. The van der Waals surface area contributed by atoms with E-state index in [4.69, 9.17) is 5.73 Å². The topological polar surface area (TPSA) is 43.1 Å². The maximum atomic E-state index is 13.6. The van der Waals surface area contributed by atoms with Gasteiger partial charge in [0.2, 0.25) is 0 Å². The Kier molecular flexibility index (Phi) is 2.84. The molecule has 3 heteroatoms. The van der Waals surface area contributed by atoms with Crippen molar-refractivity contribution in [2.24, 2.45) is 5.73 Å². The van der Waals surface area contributed by atoms with Gasteiger partial charge >= 0.3 is 0 Å². The first-order valence-corrected chi connectivity index (χ1v) is 4.84. The molecule has 0 fully saturated rings. The van der Waals surface area contributed by atoms with Gasteiger partial charge in [-0.25, -0.2) is 4.39 Å². The molecule has 1 aromatic rings. The zero-order valence-electron chi connectivity index (χ0n) is 9.52. The fourth-order valence-corrected chi connectivity index (χ4v) is 1.49. The Bertz CT molecular complexity index is 382. The van der Waals surface area contributed by atoms with Crippen LogP contribution in [0.15, 0.2) is 12.1 Å². The number of benzene rings is 1. The van der Waals surface area contributed by atoms with Gasteiger partial charge in [-0.05, 0) is 29.5 Å². The molecule has 0 saturated carbocycles. The van der Waals surface area contributed by atoms with Gasteiger partial charge in [-0.1, -0.05) is 26.8 Å². The van der Waals surface area contributed by atoms with Crippen LogP contribution in [0, 0.1) is 12.7 Å². The summed E-state index contributed by atoms with van der Waals surface area (Å²) in [6, 6.07) is 3.19. The number of carbonyl (C=O) groups is 1. The van der Waals surface area contributed by atoms with Gasteiger partial charge in [-0.15, -0.1) is 0 Å². The van der Waals surface area contributed by atoms with Crippen LogP contribution in [-0.2, 0) is 5.41 Å². The van der Waals surface area contributed by atoms with Crippen LogP contribution in [0.2, 0.25) is 0 Å². The number of hydrogen-bond acceptors (Lipinski definition) is 1. The summed E-state index contributed by atoms with van der Waals surface area (Å²) in [6.45, 7) is 7.67. The van der Waals surface area contributed by atoms with Crippen molar-refractivity contribution < 1.29 is 9.18 Å². The second-order valence-corrected chi connectivity index (χ2v) is 4.76. The van der Waals surface area contributed by atoms with Gasteiger partial charge in [0, 0.05) is 0 Å². The third-order valence-electron chi connectivity index (χ3n) is 2.40. The van der Waals surface area contributed by atoms with E-state index >= 15 is 0 Å². The molecule has 0 spiro atoms. The summed E-state index contributed by atoms with van der Waals surface area (Å²) in [6.07, 6.45) is 0. The number of aryl methyl sites for hydroxylation is 1. The molecule has 0 bridgehead atoms. The summed E-state index contributed by atoms with van der Waals surface area (Å²) in [7, 11) is 0. The average molecular weight is 209 g/mol. The van der Waals surface area contributed by atoms with E-state index in [9.17, 15) is 9.18 Å².